The first-order valence-corrected chi connectivity index (χ1v) is 7.33. The summed E-state index contributed by atoms with van der Waals surface area (Å²) in [7, 11) is 0. The molecular weight excluding hydrogens is 212 g/mol. The SMILES string of the molecule is CCC(CC1CC1)NC(=O)C1CCCCCN1. The van der Waals surface area contributed by atoms with Gasteiger partial charge in [0.15, 0.2) is 0 Å². The zero-order valence-corrected chi connectivity index (χ0v) is 11.0. The predicted octanol–water partition coefficient (Wildman–Crippen LogP) is 2.21. The number of amides is 1. The van der Waals surface area contributed by atoms with E-state index >= 15 is 0 Å². The topological polar surface area (TPSA) is 41.1 Å². The van der Waals surface area contributed by atoms with E-state index in [0.717, 1.165) is 25.3 Å². The van der Waals surface area contributed by atoms with Gasteiger partial charge in [-0.2, -0.15) is 0 Å². The van der Waals surface area contributed by atoms with Crippen LogP contribution in [0.1, 0.15) is 58.3 Å². The Labute approximate surface area is 105 Å². The van der Waals surface area contributed by atoms with Crippen molar-refractivity contribution >= 4 is 5.91 Å². The van der Waals surface area contributed by atoms with Crippen molar-refractivity contribution in [2.24, 2.45) is 5.92 Å². The molecule has 98 valence electrons. The van der Waals surface area contributed by atoms with E-state index in [1.54, 1.807) is 0 Å². The van der Waals surface area contributed by atoms with Crippen molar-refractivity contribution in [3.8, 4) is 0 Å². The van der Waals surface area contributed by atoms with Crippen molar-refractivity contribution in [1.82, 2.24) is 10.6 Å². The first kappa shape index (κ1) is 12.9. The van der Waals surface area contributed by atoms with E-state index in [9.17, 15) is 4.79 Å². The lowest BCUT2D eigenvalue weighted by molar-refractivity contribution is -0.124. The zero-order valence-electron chi connectivity index (χ0n) is 11.0. The first-order valence-electron chi connectivity index (χ1n) is 7.33. The van der Waals surface area contributed by atoms with Gasteiger partial charge in [0, 0.05) is 6.04 Å². The Balaban J connectivity index is 1.76. The van der Waals surface area contributed by atoms with Gasteiger partial charge in [0.05, 0.1) is 6.04 Å². The summed E-state index contributed by atoms with van der Waals surface area (Å²) in [6.45, 7) is 3.17. The summed E-state index contributed by atoms with van der Waals surface area (Å²) in [6, 6.07) is 0.464. The molecule has 1 saturated carbocycles. The van der Waals surface area contributed by atoms with Gasteiger partial charge in [0.25, 0.3) is 0 Å². The van der Waals surface area contributed by atoms with Crippen molar-refractivity contribution in [2.75, 3.05) is 6.54 Å². The standard InChI is InChI=1S/C14H26N2O/c1-2-12(10-11-7-8-11)16-14(17)13-6-4-3-5-9-15-13/h11-13,15H,2-10H2,1H3,(H,16,17). The normalized spacial score (nSPS) is 27.2. The Morgan fingerprint density at radius 2 is 2.12 bits per heavy atom. The van der Waals surface area contributed by atoms with Crippen LogP contribution in [0.15, 0.2) is 0 Å². The smallest absolute Gasteiger partial charge is 0.237 e. The Kier molecular flexibility index (Phi) is 4.84. The van der Waals surface area contributed by atoms with Crippen LogP contribution in [0.4, 0.5) is 0 Å². The number of hydrogen-bond donors (Lipinski definition) is 2. The third-order valence-electron chi connectivity index (χ3n) is 4.03. The van der Waals surface area contributed by atoms with Crippen LogP contribution in [0.2, 0.25) is 0 Å². The average Bonchev–Trinajstić information content (AvgIpc) is 3.14. The number of nitrogens with one attached hydrogen (secondary N) is 2. The summed E-state index contributed by atoms with van der Waals surface area (Å²) in [5.74, 6) is 1.13. The molecule has 2 unspecified atom stereocenters. The van der Waals surface area contributed by atoms with Crippen molar-refractivity contribution < 1.29 is 4.79 Å². The molecule has 0 spiro atoms. The lowest BCUT2D eigenvalue weighted by Crippen LogP contribution is -2.47. The van der Waals surface area contributed by atoms with E-state index in [2.05, 4.69) is 17.6 Å². The Morgan fingerprint density at radius 1 is 1.29 bits per heavy atom. The minimum atomic E-state index is 0.0609. The summed E-state index contributed by atoms with van der Waals surface area (Å²) in [6.07, 6.45) is 9.65. The molecule has 0 aromatic carbocycles. The van der Waals surface area contributed by atoms with Gasteiger partial charge in [-0.1, -0.05) is 32.6 Å². The highest BCUT2D eigenvalue weighted by molar-refractivity contribution is 5.82. The predicted molar refractivity (Wildman–Crippen MR) is 69.8 cm³/mol. The van der Waals surface area contributed by atoms with Crippen LogP contribution in [0.3, 0.4) is 0 Å². The van der Waals surface area contributed by atoms with Gasteiger partial charge in [-0.3, -0.25) is 4.79 Å². The summed E-state index contributed by atoms with van der Waals surface area (Å²) < 4.78 is 0. The van der Waals surface area contributed by atoms with Crippen LogP contribution in [0.5, 0.6) is 0 Å². The maximum atomic E-state index is 12.1. The summed E-state index contributed by atoms with van der Waals surface area (Å²) in [4.78, 5) is 12.1. The van der Waals surface area contributed by atoms with E-state index in [-0.39, 0.29) is 11.9 Å². The molecular formula is C14H26N2O. The second-order valence-corrected chi connectivity index (χ2v) is 5.65. The molecule has 0 bridgehead atoms. The van der Waals surface area contributed by atoms with E-state index < -0.39 is 0 Å². The number of carbonyl (C=O) groups excluding carboxylic acids is 1. The van der Waals surface area contributed by atoms with Crippen LogP contribution in [0, 0.1) is 5.92 Å². The fraction of sp³-hybridized carbons (Fsp3) is 0.929. The summed E-state index contributed by atoms with van der Waals surface area (Å²) >= 11 is 0. The largest absolute Gasteiger partial charge is 0.352 e. The van der Waals surface area contributed by atoms with Crippen molar-refractivity contribution in [3.63, 3.8) is 0 Å². The highest BCUT2D eigenvalue weighted by atomic mass is 16.2. The van der Waals surface area contributed by atoms with E-state index in [0.29, 0.717) is 6.04 Å². The van der Waals surface area contributed by atoms with E-state index in [1.165, 1.54) is 38.5 Å². The van der Waals surface area contributed by atoms with E-state index in [4.69, 9.17) is 0 Å². The van der Waals surface area contributed by atoms with Crippen molar-refractivity contribution in [1.29, 1.82) is 0 Å². The molecule has 2 atom stereocenters. The van der Waals surface area contributed by atoms with Gasteiger partial charge in [0.2, 0.25) is 5.91 Å². The molecule has 2 N–H and O–H groups in total. The molecule has 1 amide bonds. The van der Waals surface area contributed by atoms with Crippen LogP contribution in [-0.4, -0.2) is 24.5 Å². The second-order valence-electron chi connectivity index (χ2n) is 5.65. The van der Waals surface area contributed by atoms with Gasteiger partial charge >= 0.3 is 0 Å². The minimum Gasteiger partial charge on any atom is -0.352 e. The lowest BCUT2D eigenvalue weighted by atomic mass is 10.1. The van der Waals surface area contributed by atoms with Crippen LogP contribution >= 0.6 is 0 Å². The van der Waals surface area contributed by atoms with Crippen LogP contribution in [0.25, 0.3) is 0 Å². The third-order valence-corrected chi connectivity index (χ3v) is 4.03. The number of rotatable bonds is 5. The number of carbonyl (C=O) groups is 1. The quantitative estimate of drug-likeness (QED) is 0.771. The second kappa shape index (κ2) is 6.39. The monoisotopic (exact) mass is 238 g/mol. The summed E-state index contributed by atoms with van der Waals surface area (Å²) in [5.41, 5.74) is 0. The maximum absolute atomic E-state index is 12.1. The molecule has 2 aliphatic rings. The fourth-order valence-corrected chi connectivity index (χ4v) is 2.64. The van der Waals surface area contributed by atoms with Gasteiger partial charge in [-0.15, -0.1) is 0 Å². The molecule has 2 rings (SSSR count). The first-order chi connectivity index (χ1) is 8.29. The number of hydrogen-bond acceptors (Lipinski definition) is 2. The van der Waals surface area contributed by atoms with Gasteiger partial charge < -0.3 is 10.6 Å². The van der Waals surface area contributed by atoms with Crippen LogP contribution < -0.4 is 10.6 Å². The molecule has 1 aliphatic carbocycles. The Hall–Kier alpha value is -0.570. The molecule has 1 heterocycles. The van der Waals surface area contributed by atoms with Crippen LogP contribution in [-0.2, 0) is 4.79 Å². The third kappa shape index (κ3) is 4.30. The van der Waals surface area contributed by atoms with Gasteiger partial charge in [0.1, 0.15) is 0 Å². The molecule has 1 aliphatic heterocycles. The van der Waals surface area contributed by atoms with E-state index in [1.807, 2.05) is 0 Å². The molecule has 17 heavy (non-hydrogen) atoms. The molecule has 0 aromatic heterocycles. The fourth-order valence-electron chi connectivity index (χ4n) is 2.64. The highest BCUT2D eigenvalue weighted by Crippen LogP contribution is 2.34. The molecule has 1 saturated heterocycles. The molecule has 3 heteroatoms. The lowest BCUT2D eigenvalue weighted by Gasteiger charge is -2.21. The Morgan fingerprint density at radius 3 is 2.82 bits per heavy atom. The van der Waals surface area contributed by atoms with Gasteiger partial charge in [-0.05, 0) is 38.1 Å². The molecule has 3 nitrogen and oxygen atoms in total. The molecule has 0 aromatic rings. The minimum absolute atomic E-state index is 0.0609. The maximum Gasteiger partial charge on any atom is 0.237 e. The average molecular weight is 238 g/mol. The highest BCUT2D eigenvalue weighted by Gasteiger charge is 2.27. The van der Waals surface area contributed by atoms with Gasteiger partial charge in [-0.25, -0.2) is 0 Å². The zero-order chi connectivity index (χ0) is 12.1. The van der Waals surface area contributed by atoms with Crippen molar-refractivity contribution in [3.05, 3.63) is 0 Å². The van der Waals surface area contributed by atoms with Crippen molar-refractivity contribution in [2.45, 2.75) is 70.4 Å². The molecule has 0 radical (unpaired) electrons. The Bertz CT molecular complexity index is 243. The molecule has 2 fully saturated rings. The summed E-state index contributed by atoms with van der Waals surface area (Å²) in [5, 5.41) is 6.60.